The molecule has 2 N–H and O–H groups in total. The van der Waals surface area contributed by atoms with Gasteiger partial charge in [-0.3, -0.25) is 9.59 Å². The summed E-state index contributed by atoms with van der Waals surface area (Å²) in [6.45, 7) is 4.46. The number of nitrogens with zero attached hydrogens (tertiary/aromatic N) is 1. The second kappa shape index (κ2) is 5.14. The zero-order valence-electron chi connectivity index (χ0n) is 7.92. The van der Waals surface area contributed by atoms with Gasteiger partial charge in [0.2, 0.25) is 11.8 Å². The summed E-state index contributed by atoms with van der Waals surface area (Å²) in [6.07, 6.45) is 0. The first kappa shape index (κ1) is 11.4. The third kappa shape index (κ3) is 4.80. The maximum Gasteiger partial charge on any atom is 0.243 e. The highest BCUT2D eigenvalue weighted by Gasteiger charge is 2.14. The normalized spacial score (nSPS) is 13.7. The summed E-state index contributed by atoms with van der Waals surface area (Å²) in [5.74, 6) is -0.628. The first-order valence-corrected chi connectivity index (χ1v) is 3.94. The molecule has 0 aromatic rings. The lowest BCUT2D eigenvalue weighted by Gasteiger charge is -2.13. The Balaban J connectivity index is 3.98. The van der Waals surface area contributed by atoms with Crippen molar-refractivity contribution >= 4 is 11.8 Å². The molecule has 0 saturated carbocycles. The number of nitriles is 1. The third-order valence-electron chi connectivity index (χ3n) is 1.37. The number of carbonyl (C=O) groups excluding carboxylic acids is 2. The topological polar surface area (TPSA) is 82.0 Å². The van der Waals surface area contributed by atoms with Crippen LogP contribution in [0.15, 0.2) is 0 Å². The van der Waals surface area contributed by atoms with Crippen molar-refractivity contribution in [1.29, 1.82) is 5.26 Å². The van der Waals surface area contributed by atoms with E-state index in [4.69, 9.17) is 5.26 Å². The summed E-state index contributed by atoms with van der Waals surface area (Å²) >= 11 is 0. The Labute approximate surface area is 77.1 Å². The highest BCUT2D eigenvalue weighted by Crippen LogP contribution is 1.84. The number of rotatable bonds is 3. The first-order chi connectivity index (χ1) is 5.97. The molecule has 0 rings (SSSR count). The van der Waals surface area contributed by atoms with Gasteiger partial charge in [0.25, 0.3) is 0 Å². The lowest BCUT2D eigenvalue weighted by atomic mass is 10.3. The molecule has 0 bridgehead atoms. The predicted molar refractivity (Wildman–Crippen MR) is 46.5 cm³/mol. The molecule has 0 unspecified atom stereocenters. The molecule has 13 heavy (non-hydrogen) atoms. The molecule has 72 valence electrons. The molecule has 0 aliphatic carbocycles. The van der Waals surface area contributed by atoms with Crippen LogP contribution in [0.3, 0.4) is 0 Å². The molecule has 5 heteroatoms. The molecule has 0 aromatic carbocycles. The summed E-state index contributed by atoms with van der Waals surface area (Å²) in [5.41, 5.74) is 0. The molecule has 0 saturated heterocycles. The van der Waals surface area contributed by atoms with Crippen molar-refractivity contribution in [1.82, 2.24) is 10.6 Å². The molecular formula is C8H13N3O2. The summed E-state index contributed by atoms with van der Waals surface area (Å²) in [7, 11) is 0. The van der Waals surface area contributed by atoms with E-state index in [1.807, 2.05) is 6.07 Å². The molecule has 0 aromatic heterocycles. The summed E-state index contributed by atoms with van der Waals surface area (Å²) in [4.78, 5) is 21.7. The number of nitrogens with one attached hydrogen (secondary N) is 2. The molecule has 2 atom stereocenters. The minimum absolute atomic E-state index is 0.271. The van der Waals surface area contributed by atoms with Crippen molar-refractivity contribution in [3.05, 3.63) is 0 Å². The zero-order valence-corrected chi connectivity index (χ0v) is 7.92. The van der Waals surface area contributed by atoms with E-state index in [0.717, 1.165) is 0 Å². The smallest absolute Gasteiger partial charge is 0.243 e. The van der Waals surface area contributed by atoms with Gasteiger partial charge in [-0.1, -0.05) is 0 Å². The van der Waals surface area contributed by atoms with Crippen LogP contribution in [-0.4, -0.2) is 23.9 Å². The molecular weight excluding hydrogens is 170 g/mol. The largest absolute Gasteiger partial charge is 0.345 e. The van der Waals surface area contributed by atoms with Crippen molar-refractivity contribution in [2.45, 2.75) is 32.9 Å². The van der Waals surface area contributed by atoms with Crippen LogP contribution in [0.4, 0.5) is 0 Å². The van der Waals surface area contributed by atoms with Gasteiger partial charge in [0, 0.05) is 6.92 Å². The molecule has 2 amide bonds. The number of amides is 2. The number of hydrogen-bond donors (Lipinski definition) is 2. The van der Waals surface area contributed by atoms with Crippen molar-refractivity contribution in [2.24, 2.45) is 0 Å². The van der Waals surface area contributed by atoms with Crippen LogP contribution in [0.2, 0.25) is 0 Å². The molecule has 0 radical (unpaired) electrons. The van der Waals surface area contributed by atoms with Gasteiger partial charge in [-0.15, -0.1) is 0 Å². The Morgan fingerprint density at radius 1 is 1.31 bits per heavy atom. The summed E-state index contributed by atoms with van der Waals surface area (Å²) in [6, 6.07) is 0.718. The van der Waals surface area contributed by atoms with Crippen LogP contribution in [0.25, 0.3) is 0 Å². The quantitative estimate of drug-likeness (QED) is 0.621. The van der Waals surface area contributed by atoms with Crippen LogP contribution in [0, 0.1) is 11.3 Å². The lowest BCUT2D eigenvalue weighted by Crippen LogP contribution is -2.46. The van der Waals surface area contributed by atoms with Crippen LogP contribution >= 0.6 is 0 Å². The monoisotopic (exact) mass is 183 g/mol. The Kier molecular flexibility index (Phi) is 4.52. The molecule has 0 aliphatic rings. The minimum atomic E-state index is -0.603. The van der Waals surface area contributed by atoms with Crippen LogP contribution in [-0.2, 0) is 9.59 Å². The van der Waals surface area contributed by atoms with E-state index in [-0.39, 0.29) is 11.8 Å². The SMILES string of the molecule is CC(=O)N[C@@H](C)C(=O)N[C@@H](C)C#N. The van der Waals surface area contributed by atoms with Crippen molar-refractivity contribution in [3.63, 3.8) is 0 Å². The van der Waals surface area contributed by atoms with Crippen molar-refractivity contribution < 1.29 is 9.59 Å². The standard InChI is InChI=1S/C8H13N3O2/c1-5(4-9)10-8(13)6(2)11-7(3)12/h5-6H,1-3H3,(H,10,13)(H,11,12)/t5-,6-/m0/s1. The van der Waals surface area contributed by atoms with Crippen molar-refractivity contribution in [3.8, 4) is 6.07 Å². The second-order valence-corrected chi connectivity index (χ2v) is 2.78. The maximum absolute atomic E-state index is 11.2. The summed E-state index contributed by atoms with van der Waals surface area (Å²) < 4.78 is 0. The van der Waals surface area contributed by atoms with Gasteiger partial charge in [0.05, 0.1) is 6.07 Å². The fourth-order valence-electron chi connectivity index (χ4n) is 0.741. The Morgan fingerprint density at radius 3 is 2.23 bits per heavy atom. The lowest BCUT2D eigenvalue weighted by molar-refractivity contribution is -0.127. The van der Waals surface area contributed by atoms with Gasteiger partial charge in [-0.2, -0.15) is 5.26 Å². The van der Waals surface area contributed by atoms with E-state index >= 15 is 0 Å². The Morgan fingerprint density at radius 2 is 1.85 bits per heavy atom. The van der Waals surface area contributed by atoms with Crippen LogP contribution < -0.4 is 10.6 Å². The molecule has 0 spiro atoms. The van der Waals surface area contributed by atoms with E-state index < -0.39 is 12.1 Å². The fourth-order valence-corrected chi connectivity index (χ4v) is 0.741. The predicted octanol–water partition coefficient (Wildman–Crippen LogP) is -0.461. The Bertz CT molecular complexity index is 244. The van der Waals surface area contributed by atoms with E-state index in [2.05, 4.69) is 10.6 Å². The van der Waals surface area contributed by atoms with E-state index in [0.29, 0.717) is 0 Å². The zero-order chi connectivity index (χ0) is 10.4. The van der Waals surface area contributed by atoms with Gasteiger partial charge in [0.1, 0.15) is 12.1 Å². The number of hydrogen-bond acceptors (Lipinski definition) is 3. The molecule has 0 fully saturated rings. The molecule has 5 nitrogen and oxygen atoms in total. The third-order valence-corrected chi connectivity index (χ3v) is 1.37. The number of carbonyl (C=O) groups is 2. The van der Waals surface area contributed by atoms with E-state index in [1.165, 1.54) is 6.92 Å². The molecule has 0 heterocycles. The van der Waals surface area contributed by atoms with E-state index in [1.54, 1.807) is 13.8 Å². The van der Waals surface area contributed by atoms with Gasteiger partial charge in [0.15, 0.2) is 0 Å². The highest BCUT2D eigenvalue weighted by atomic mass is 16.2. The fraction of sp³-hybridized carbons (Fsp3) is 0.625. The highest BCUT2D eigenvalue weighted by molar-refractivity contribution is 5.86. The maximum atomic E-state index is 11.2. The average Bonchev–Trinajstić information content (AvgIpc) is 2.02. The van der Waals surface area contributed by atoms with Crippen molar-refractivity contribution in [2.75, 3.05) is 0 Å². The Hall–Kier alpha value is -1.57. The van der Waals surface area contributed by atoms with Gasteiger partial charge < -0.3 is 10.6 Å². The van der Waals surface area contributed by atoms with Crippen LogP contribution in [0.1, 0.15) is 20.8 Å². The van der Waals surface area contributed by atoms with Gasteiger partial charge >= 0.3 is 0 Å². The summed E-state index contributed by atoms with van der Waals surface area (Å²) in [5, 5.41) is 13.2. The van der Waals surface area contributed by atoms with Gasteiger partial charge in [-0.05, 0) is 13.8 Å². The van der Waals surface area contributed by atoms with Crippen LogP contribution in [0.5, 0.6) is 0 Å². The second-order valence-electron chi connectivity index (χ2n) is 2.78. The van der Waals surface area contributed by atoms with E-state index in [9.17, 15) is 9.59 Å². The average molecular weight is 183 g/mol. The minimum Gasteiger partial charge on any atom is -0.345 e. The first-order valence-electron chi connectivity index (χ1n) is 3.94. The molecule has 0 aliphatic heterocycles. The van der Waals surface area contributed by atoms with Gasteiger partial charge in [-0.25, -0.2) is 0 Å².